The molecule has 4 heterocycles. The average molecular weight is 589 g/mol. The molecule has 6 rings (SSSR count). The molecule has 2 N–H and O–H groups in total. The molecule has 13 nitrogen and oxygen atoms in total. The Morgan fingerprint density at radius 3 is 2.60 bits per heavy atom. The highest BCUT2D eigenvalue weighted by molar-refractivity contribution is 6.13. The number of imide groups is 1. The summed E-state index contributed by atoms with van der Waals surface area (Å²) in [6, 6.07) is 1.52. The third-order valence-electron chi connectivity index (χ3n) is 7.28. The molecule has 4 amide bonds. The summed E-state index contributed by atoms with van der Waals surface area (Å²) in [5, 5.41) is 5.02. The standard InChI is InChI=1S/C20H19FN8O3.C9H14N2/c1-27-15(31)8-29(20(27)32)14-4-12(11-2-3-11)6-28-7-13(26-19(14)28)5-22-17-16(21)18(25-10-30)24-9-23-17;1-8(10-2)5-6-11-7-9-3-4-9/h4,6-7,9-11H,2-3,5,8H2,1H3,(H2,22,23,24,25,30);5-6,9H,2-4,7H2,1H3/b;8-5-,11-6?. The summed E-state index contributed by atoms with van der Waals surface area (Å²) < 4.78 is 16.2. The number of aliphatic imine (C=N–C) groups is 2. The zero-order chi connectivity index (χ0) is 30.5. The number of amides is 4. The lowest BCUT2D eigenvalue weighted by atomic mass is 10.1. The summed E-state index contributed by atoms with van der Waals surface area (Å²) >= 11 is 0. The molecule has 3 fully saturated rings. The number of urea groups is 1. The van der Waals surface area contributed by atoms with Crippen LogP contribution in [0.5, 0.6) is 0 Å². The fraction of sp³-hybridized carbons (Fsp3) is 0.379. The highest BCUT2D eigenvalue weighted by atomic mass is 19.1. The summed E-state index contributed by atoms with van der Waals surface area (Å²) in [5.41, 5.74) is 3.66. The van der Waals surface area contributed by atoms with Crippen molar-refractivity contribution in [1.29, 1.82) is 0 Å². The van der Waals surface area contributed by atoms with E-state index in [1.165, 1.54) is 24.8 Å². The van der Waals surface area contributed by atoms with Crippen LogP contribution in [0.3, 0.4) is 0 Å². The molecule has 224 valence electrons. The van der Waals surface area contributed by atoms with E-state index in [0.29, 0.717) is 29.4 Å². The molecule has 3 aromatic heterocycles. The van der Waals surface area contributed by atoms with E-state index in [1.54, 1.807) is 6.20 Å². The number of hydrogen-bond donors (Lipinski definition) is 2. The minimum absolute atomic E-state index is 0.0434. The predicted octanol–water partition coefficient (Wildman–Crippen LogP) is 3.79. The molecule has 1 saturated heterocycles. The van der Waals surface area contributed by atoms with Crippen molar-refractivity contribution in [1.82, 2.24) is 24.3 Å². The highest BCUT2D eigenvalue weighted by Gasteiger charge is 2.36. The predicted molar refractivity (Wildman–Crippen MR) is 161 cm³/mol. The topological polar surface area (TPSA) is 150 Å². The fourth-order valence-corrected chi connectivity index (χ4v) is 4.41. The van der Waals surface area contributed by atoms with Gasteiger partial charge in [-0.15, -0.1) is 0 Å². The molecular weight excluding hydrogens is 555 g/mol. The number of imidazole rings is 1. The number of aromatic nitrogens is 4. The van der Waals surface area contributed by atoms with Crippen LogP contribution < -0.4 is 15.5 Å². The Labute approximate surface area is 247 Å². The second-order valence-electron chi connectivity index (χ2n) is 10.6. The first-order chi connectivity index (χ1) is 20.8. The van der Waals surface area contributed by atoms with E-state index in [9.17, 15) is 18.8 Å². The minimum Gasteiger partial charge on any atom is -0.362 e. The Hall–Kier alpha value is -5.01. The second-order valence-corrected chi connectivity index (χ2v) is 10.6. The number of fused-ring (bicyclic) bond motifs is 1. The fourth-order valence-electron chi connectivity index (χ4n) is 4.41. The van der Waals surface area contributed by atoms with Gasteiger partial charge in [0.1, 0.15) is 12.9 Å². The molecule has 0 bridgehead atoms. The van der Waals surface area contributed by atoms with Gasteiger partial charge in [0, 0.05) is 37.9 Å². The van der Waals surface area contributed by atoms with Gasteiger partial charge < -0.3 is 15.0 Å². The molecule has 1 aliphatic heterocycles. The van der Waals surface area contributed by atoms with Crippen molar-refractivity contribution in [3.8, 4) is 0 Å². The van der Waals surface area contributed by atoms with E-state index in [-0.39, 0.29) is 30.6 Å². The molecule has 0 unspecified atom stereocenters. The summed E-state index contributed by atoms with van der Waals surface area (Å²) in [5.74, 6) is -0.0853. The number of carbonyl (C=O) groups is 3. The Bertz CT molecular complexity index is 1610. The third-order valence-corrected chi connectivity index (χ3v) is 7.28. The average Bonchev–Trinajstić information content (AvgIpc) is 3.94. The molecular formula is C29H33FN10O3. The Balaban J connectivity index is 0.000000283. The smallest absolute Gasteiger partial charge is 0.331 e. The van der Waals surface area contributed by atoms with Crippen molar-refractivity contribution in [2.24, 2.45) is 15.9 Å². The molecule has 3 aliphatic rings. The largest absolute Gasteiger partial charge is 0.362 e. The minimum atomic E-state index is -0.788. The molecule has 43 heavy (non-hydrogen) atoms. The lowest BCUT2D eigenvalue weighted by Crippen LogP contribution is -2.30. The lowest BCUT2D eigenvalue weighted by molar-refractivity contribution is -0.123. The number of pyridine rings is 1. The number of nitrogens with one attached hydrogen (secondary N) is 2. The summed E-state index contributed by atoms with van der Waals surface area (Å²) in [4.78, 5) is 57.9. The first-order valence-electron chi connectivity index (χ1n) is 14.0. The van der Waals surface area contributed by atoms with Gasteiger partial charge in [-0.05, 0) is 68.9 Å². The molecule has 0 spiro atoms. The lowest BCUT2D eigenvalue weighted by Gasteiger charge is -2.17. The van der Waals surface area contributed by atoms with Gasteiger partial charge in [0.05, 0.1) is 17.9 Å². The van der Waals surface area contributed by atoms with Crippen LogP contribution in [0.1, 0.15) is 49.8 Å². The van der Waals surface area contributed by atoms with Gasteiger partial charge in [-0.2, -0.15) is 4.39 Å². The van der Waals surface area contributed by atoms with Gasteiger partial charge in [-0.25, -0.2) is 19.7 Å². The normalized spacial score (nSPS) is 17.0. The number of halogens is 1. The van der Waals surface area contributed by atoms with Gasteiger partial charge in [0.2, 0.25) is 18.1 Å². The molecule has 2 aliphatic carbocycles. The van der Waals surface area contributed by atoms with Gasteiger partial charge >= 0.3 is 6.03 Å². The van der Waals surface area contributed by atoms with E-state index in [1.807, 2.05) is 35.9 Å². The van der Waals surface area contributed by atoms with Crippen LogP contribution in [0.2, 0.25) is 0 Å². The number of likely N-dealkylation sites (N-methyl/N-ethyl adjacent to an activating group) is 1. The maximum Gasteiger partial charge on any atom is 0.331 e. The molecule has 3 aromatic rings. The van der Waals surface area contributed by atoms with Gasteiger partial charge in [0.25, 0.3) is 0 Å². The number of nitrogens with zero attached hydrogens (tertiary/aromatic N) is 8. The zero-order valence-corrected chi connectivity index (χ0v) is 24.0. The van der Waals surface area contributed by atoms with E-state index in [0.717, 1.165) is 47.8 Å². The molecule has 2 saturated carbocycles. The van der Waals surface area contributed by atoms with Gasteiger partial charge in [-0.1, -0.05) is 0 Å². The zero-order valence-electron chi connectivity index (χ0n) is 24.0. The van der Waals surface area contributed by atoms with Crippen molar-refractivity contribution in [3.05, 3.63) is 53.6 Å². The van der Waals surface area contributed by atoms with Crippen LogP contribution in [-0.2, 0) is 16.1 Å². The quantitative estimate of drug-likeness (QED) is 0.197. The first kappa shape index (κ1) is 29.5. The van der Waals surface area contributed by atoms with E-state index in [4.69, 9.17) is 0 Å². The van der Waals surface area contributed by atoms with Gasteiger partial charge in [-0.3, -0.25) is 29.4 Å². The molecule has 0 radical (unpaired) electrons. The van der Waals surface area contributed by atoms with Crippen molar-refractivity contribution < 1.29 is 18.8 Å². The Morgan fingerprint density at radius 1 is 1.19 bits per heavy atom. The van der Waals surface area contributed by atoms with Crippen LogP contribution in [-0.4, -0.2) is 75.7 Å². The maximum atomic E-state index is 14.4. The van der Waals surface area contributed by atoms with Crippen molar-refractivity contribution >= 4 is 54.3 Å². The maximum absolute atomic E-state index is 14.4. The van der Waals surface area contributed by atoms with Crippen LogP contribution >= 0.6 is 0 Å². The summed E-state index contributed by atoms with van der Waals surface area (Å²) in [7, 11) is 1.46. The molecule has 14 heteroatoms. The van der Waals surface area contributed by atoms with Crippen molar-refractivity contribution in [2.75, 3.05) is 35.7 Å². The highest BCUT2D eigenvalue weighted by Crippen LogP contribution is 2.42. The van der Waals surface area contributed by atoms with Gasteiger partial charge in [0.15, 0.2) is 17.3 Å². The Kier molecular flexibility index (Phi) is 8.83. The molecule has 0 atom stereocenters. The number of allylic oxidation sites excluding steroid dienone is 2. The first-order valence-corrected chi connectivity index (χ1v) is 14.0. The van der Waals surface area contributed by atoms with Crippen LogP contribution in [0.15, 0.2) is 46.5 Å². The number of hydrogen-bond acceptors (Lipinski definition) is 9. The second kappa shape index (κ2) is 12.9. The monoisotopic (exact) mass is 588 g/mol. The number of anilines is 3. The SMILES string of the molecule is C=N/C(C)=C\C=NCC1CC1.CN1C(=O)CN(c2cc(C3CC3)cn3cc(CNc4ncnc(NC=O)c4F)nc23)C1=O. The summed E-state index contributed by atoms with van der Waals surface area (Å²) in [6.07, 6.45) is 13.8. The number of carbonyl (C=O) groups excluding carboxylic acids is 3. The number of rotatable bonds is 11. The molecule has 0 aromatic carbocycles. The van der Waals surface area contributed by atoms with Crippen molar-refractivity contribution in [3.63, 3.8) is 0 Å². The van der Waals surface area contributed by atoms with Crippen molar-refractivity contribution in [2.45, 2.75) is 45.1 Å². The van der Waals surface area contributed by atoms with E-state index >= 15 is 0 Å². The van der Waals surface area contributed by atoms with Crippen LogP contribution in [0, 0.1) is 11.7 Å². The summed E-state index contributed by atoms with van der Waals surface area (Å²) in [6.45, 7) is 6.40. The van der Waals surface area contributed by atoms with Crippen LogP contribution in [0.25, 0.3) is 5.65 Å². The van der Waals surface area contributed by atoms with E-state index in [2.05, 4.69) is 42.3 Å². The third kappa shape index (κ3) is 7.08. The Morgan fingerprint density at radius 2 is 1.95 bits per heavy atom. The van der Waals surface area contributed by atoms with Crippen LogP contribution in [0.4, 0.5) is 26.5 Å². The van der Waals surface area contributed by atoms with E-state index < -0.39 is 11.8 Å².